The highest BCUT2D eigenvalue weighted by molar-refractivity contribution is 14.1. The summed E-state index contributed by atoms with van der Waals surface area (Å²) in [4.78, 5) is 4.37. The topological polar surface area (TPSA) is 62.5 Å². The van der Waals surface area contributed by atoms with Crippen LogP contribution in [0.3, 0.4) is 0 Å². The number of halogens is 1. The number of rotatable bonds is 4. The molecule has 2 aromatic heterocycles. The van der Waals surface area contributed by atoms with Gasteiger partial charge in [-0.25, -0.2) is 9.50 Å². The van der Waals surface area contributed by atoms with Crippen molar-refractivity contribution in [3.8, 4) is 0 Å². The molecule has 0 saturated carbocycles. The zero-order chi connectivity index (χ0) is 13.9. The molecule has 0 spiro atoms. The number of aliphatic hydroxyl groups excluding tert-OH is 1. The lowest BCUT2D eigenvalue weighted by Gasteiger charge is -2.17. The Kier molecular flexibility index (Phi) is 3.83. The molecule has 102 valence electrons. The fourth-order valence-corrected chi connectivity index (χ4v) is 2.73. The van der Waals surface area contributed by atoms with Crippen LogP contribution in [-0.2, 0) is 0 Å². The Balaban J connectivity index is 1.98. The number of anilines is 1. The lowest BCUT2D eigenvalue weighted by Crippen LogP contribution is -2.16. The second kappa shape index (κ2) is 5.76. The first-order valence-electron chi connectivity index (χ1n) is 6.20. The van der Waals surface area contributed by atoms with Gasteiger partial charge in [-0.05, 0) is 28.2 Å². The van der Waals surface area contributed by atoms with Gasteiger partial charge in [0.25, 0.3) is 0 Å². The molecule has 0 amide bonds. The first-order valence-corrected chi connectivity index (χ1v) is 7.27. The van der Waals surface area contributed by atoms with E-state index in [0.29, 0.717) is 0 Å². The minimum absolute atomic E-state index is 0.00252. The van der Waals surface area contributed by atoms with E-state index in [0.717, 1.165) is 20.5 Å². The van der Waals surface area contributed by atoms with Gasteiger partial charge in [-0.15, -0.1) is 0 Å². The number of hydrogen-bond donors (Lipinski definition) is 2. The fraction of sp³-hybridized carbons (Fsp3) is 0.143. The summed E-state index contributed by atoms with van der Waals surface area (Å²) in [7, 11) is 0. The van der Waals surface area contributed by atoms with Crippen LogP contribution in [0.1, 0.15) is 11.6 Å². The normalized spacial score (nSPS) is 12.5. The highest BCUT2D eigenvalue weighted by Crippen LogP contribution is 2.24. The molecule has 3 aromatic rings. The third-order valence-corrected chi connectivity index (χ3v) is 3.87. The van der Waals surface area contributed by atoms with Crippen LogP contribution in [0, 0.1) is 3.57 Å². The maximum Gasteiger partial charge on any atom is 0.153 e. The quantitative estimate of drug-likeness (QED) is 0.683. The molecule has 1 atom stereocenters. The Hall–Kier alpha value is -1.67. The third kappa shape index (κ3) is 2.48. The molecule has 1 aromatic carbocycles. The molecule has 5 nitrogen and oxygen atoms in total. The van der Waals surface area contributed by atoms with Crippen molar-refractivity contribution in [3.63, 3.8) is 0 Å². The van der Waals surface area contributed by atoms with E-state index in [-0.39, 0.29) is 12.6 Å². The minimum Gasteiger partial charge on any atom is -0.394 e. The number of nitrogens with zero attached hydrogens (tertiary/aromatic N) is 3. The van der Waals surface area contributed by atoms with Crippen molar-refractivity contribution in [2.75, 3.05) is 11.9 Å². The highest BCUT2D eigenvalue weighted by Gasteiger charge is 2.14. The second-order valence-corrected chi connectivity index (χ2v) is 5.51. The monoisotopic (exact) mass is 380 g/mol. The van der Waals surface area contributed by atoms with Crippen molar-refractivity contribution in [1.29, 1.82) is 0 Å². The van der Waals surface area contributed by atoms with Crippen molar-refractivity contribution >= 4 is 33.9 Å². The standard InChI is InChI=1S/C14H13IN4O/c15-11-8-17-19-7-6-16-14(13(11)19)18-12(9-20)10-4-2-1-3-5-10/h1-8,12,20H,9H2,(H,16,18)/t12-/m1/s1. The van der Waals surface area contributed by atoms with E-state index in [9.17, 15) is 5.11 Å². The van der Waals surface area contributed by atoms with Gasteiger partial charge in [-0.3, -0.25) is 0 Å². The number of benzene rings is 1. The zero-order valence-electron chi connectivity index (χ0n) is 10.6. The van der Waals surface area contributed by atoms with E-state index >= 15 is 0 Å². The lowest BCUT2D eigenvalue weighted by atomic mass is 10.1. The van der Waals surface area contributed by atoms with Gasteiger partial charge < -0.3 is 10.4 Å². The molecule has 0 radical (unpaired) electrons. The first kappa shape index (κ1) is 13.3. The van der Waals surface area contributed by atoms with E-state index in [1.807, 2.05) is 30.3 Å². The fourth-order valence-electron chi connectivity index (χ4n) is 2.10. The summed E-state index contributed by atoms with van der Waals surface area (Å²) in [6.07, 6.45) is 5.29. The molecule has 2 heterocycles. The molecular weight excluding hydrogens is 367 g/mol. The zero-order valence-corrected chi connectivity index (χ0v) is 12.7. The van der Waals surface area contributed by atoms with Crippen LogP contribution in [0.4, 0.5) is 5.82 Å². The summed E-state index contributed by atoms with van der Waals surface area (Å²) < 4.78 is 2.79. The molecule has 0 aliphatic rings. The average Bonchev–Trinajstić information content (AvgIpc) is 2.88. The highest BCUT2D eigenvalue weighted by atomic mass is 127. The smallest absolute Gasteiger partial charge is 0.153 e. The van der Waals surface area contributed by atoms with Crippen molar-refractivity contribution < 1.29 is 5.11 Å². The molecule has 0 fully saturated rings. The third-order valence-electron chi connectivity index (χ3n) is 3.08. The summed E-state index contributed by atoms with van der Waals surface area (Å²) in [5, 5.41) is 17.2. The van der Waals surface area contributed by atoms with Crippen LogP contribution in [-0.4, -0.2) is 26.3 Å². The Morgan fingerprint density at radius 1 is 1.30 bits per heavy atom. The van der Waals surface area contributed by atoms with Crippen LogP contribution >= 0.6 is 22.6 Å². The van der Waals surface area contributed by atoms with Crippen LogP contribution in [0.15, 0.2) is 48.9 Å². The van der Waals surface area contributed by atoms with Gasteiger partial charge >= 0.3 is 0 Å². The lowest BCUT2D eigenvalue weighted by molar-refractivity contribution is 0.276. The number of fused-ring (bicyclic) bond motifs is 1. The summed E-state index contributed by atoms with van der Waals surface area (Å²) >= 11 is 2.23. The van der Waals surface area contributed by atoms with Gasteiger partial charge in [0.2, 0.25) is 0 Å². The van der Waals surface area contributed by atoms with Gasteiger partial charge in [-0.1, -0.05) is 30.3 Å². The SMILES string of the molecule is OC[C@@H](Nc1nccn2ncc(I)c12)c1ccccc1. The second-order valence-electron chi connectivity index (χ2n) is 4.35. The predicted octanol–water partition coefficient (Wildman–Crippen LogP) is 2.48. The molecule has 2 N–H and O–H groups in total. The van der Waals surface area contributed by atoms with E-state index in [1.165, 1.54) is 0 Å². The number of aromatic nitrogens is 3. The molecule has 0 bridgehead atoms. The van der Waals surface area contributed by atoms with Gasteiger partial charge in [-0.2, -0.15) is 5.10 Å². The summed E-state index contributed by atoms with van der Waals surface area (Å²) in [5.41, 5.74) is 1.94. The van der Waals surface area contributed by atoms with Gasteiger partial charge in [0.1, 0.15) is 5.52 Å². The summed E-state index contributed by atoms with van der Waals surface area (Å²) in [6.45, 7) is -0.00252. The number of nitrogens with one attached hydrogen (secondary N) is 1. The summed E-state index contributed by atoms with van der Waals surface area (Å²) in [5.74, 6) is 0.720. The molecule has 0 saturated heterocycles. The van der Waals surface area contributed by atoms with E-state index in [1.54, 1.807) is 23.1 Å². The molecular formula is C14H13IN4O. The minimum atomic E-state index is -0.194. The maximum atomic E-state index is 9.62. The average molecular weight is 380 g/mol. The van der Waals surface area contributed by atoms with Crippen LogP contribution < -0.4 is 5.32 Å². The van der Waals surface area contributed by atoms with Gasteiger partial charge in [0, 0.05) is 12.4 Å². The Morgan fingerprint density at radius 2 is 2.10 bits per heavy atom. The van der Waals surface area contributed by atoms with Gasteiger partial charge in [0.05, 0.1) is 22.4 Å². The van der Waals surface area contributed by atoms with Crippen LogP contribution in [0.5, 0.6) is 0 Å². The number of hydrogen-bond acceptors (Lipinski definition) is 4. The van der Waals surface area contributed by atoms with Gasteiger partial charge in [0.15, 0.2) is 5.82 Å². The van der Waals surface area contributed by atoms with Crippen molar-refractivity contribution in [2.24, 2.45) is 0 Å². The van der Waals surface area contributed by atoms with Crippen LogP contribution in [0.25, 0.3) is 5.52 Å². The van der Waals surface area contributed by atoms with Crippen molar-refractivity contribution in [3.05, 3.63) is 58.1 Å². The largest absolute Gasteiger partial charge is 0.394 e. The summed E-state index contributed by atoms with van der Waals surface area (Å²) in [6, 6.07) is 9.63. The molecule has 0 unspecified atom stereocenters. The van der Waals surface area contributed by atoms with E-state index in [2.05, 4.69) is 38.0 Å². The van der Waals surface area contributed by atoms with E-state index in [4.69, 9.17) is 0 Å². The predicted molar refractivity (Wildman–Crippen MR) is 85.6 cm³/mol. The molecule has 0 aliphatic carbocycles. The van der Waals surface area contributed by atoms with E-state index < -0.39 is 0 Å². The van der Waals surface area contributed by atoms with Crippen LogP contribution in [0.2, 0.25) is 0 Å². The number of aliphatic hydroxyl groups is 1. The Labute approximate surface area is 129 Å². The molecule has 3 rings (SSSR count). The van der Waals surface area contributed by atoms with Crippen molar-refractivity contribution in [2.45, 2.75) is 6.04 Å². The Bertz CT molecular complexity index is 714. The molecule has 6 heteroatoms. The Morgan fingerprint density at radius 3 is 2.85 bits per heavy atom. The molecule has 0 aliphatic heterocycles. The van der Waals surface area contributed by atoms with Crippen molar-refractivity contribution in [1.82, 2.24) is 14.6 Å². The first-order chi connectivity index (χ1) is 9.79. The maximum absolute atomic E-state index is 9.62. The molecule has 20 heavy (non-hydrogen) atoms.